The molecule has 0 saturated heterocycles. The minimum absolute atomic E-state index is 0.937. The zero-order chi connectivity index (χ0) is 16.4. The van der Waals surface area contributed by atoms with Crippen LogP contribution in [-0.4, -0.2) is 0 Å². The van der Waals surface area contributed by atoms with Gasteiger partial charge in [-0.3, -0.25) is 0 Å². The lowest BCUT2D eigenvalue weighted by Crippen LogP contribution is -2.07. The van der Waals surface area contributed by atoms with Gasteiger partial charge in [-0.1, -0.05) is 93.1 Å². The molecular weight excluding hydrogens is 288 g/mol. The fraction of sp³-hybridized carbons (Fsp3) is 0.417. The maximum atomic E-state index is 2.51. The fourth-order valence-corrected chi connectivity index (χ4v) is 4.50. The van der Waals surface area contributed by atoms with Crippen molar-refractivity contribution in [3.8, 4) is 11.1 Å². The van der Waals surface area contributed by atoms with Gasteiger partial charge in [0.25, 0.3) is 0 Å². The highest BCUT2D eigenvalue weighted by molar-refractivity contribution is 5.80. The van der Waals surface area contributed by atoms with Gasteiger partial charge in [-0.2, -0.15) is 0 Å². The van der Waals surface area contributed by atoms with Gasteiger partial charge >= 0.3 is 0 Å². The summed E-state index contributed by atoms with van der Waals surface area (Å²) in [5.74, 6) is 0.937. The van der Waals surface area contributed by atoms with Crippen molar-refractivity contribution in [3.05, 3.63) is 64.7 Å². The van der Waals surface area contributed by atoms with Crippen LogP contribution in [0.3, 0.4) is 0 Å². The molecule has 2 aromatic carbocycles. The summed E-state index contributed by atoms with van der Waals surface area (Å²) < 4.78 is 0. The summed E-state index contributed by atoms with van der Waals surface area (Å²) in [7, 11) is 0. The van der Waals surface area contributed by atoms with E-state index in [-0.39, 0.29) is 0 Å². The first-order valence-electron chi connectivity index (χ1n) is 9.74. The Bertz CT molecular complexity index is 727. The van der Waals surface area contributed by atoms with Gasteiger partial charge in [-0.05, 0) is 53.0 Å². The first-order valence-corrected chi connectivity index (χ1v) is 9.74. The van der Waals surface area contributed by atoms with E-state index >= 15 is 0 Å². The van der Waals surface area contributed by atoms with Gasteiger partial charge in [-0.15, -0.1) is 0 Å². The minimum atomic E-state index is 0.937. The Morgan fingerprint density at radius 2 is 1.71 bits per heavy atom. The summed E-state index contributed by atoms with van der Waals surface area (Å²) in [4.78, 5) is 0. The molecule has 0 spiro atoms. The highest BCUT2D eigenvalue weighted by Crippen LogP contribution is 2.38. The molecule has 0 N–H and O–H groups in total. The molecule has 2 aliphatic carbocycles. The van der Waals surface area contributed by atoms with Crippen LogP contribution in [-0.2, 0) is 12.8 Å². The smallest absolute Gasteiger partial charge is 0.00575 e. The van der Waals surface area contributed by atoms with Crippen molar-refractivity contribution in [1.82, 2.24) is 0 Å². The van der Waals surface area contributed by atoms with Crippen LogP contribution in [0.1, 0.15) is 62.1 Å². The van der Waals surface area contributed by atoms with Crippen molar-refractivity contribution in [2.45, 2.75) is 58.3 Å². The molecule has 124 valence electrons. The SMILES string of the molecule is CCc1ccc(-c2cccc3c2C=C(CC2CCCCC2)C3)cc1. The van der Waals surface area contributed by atoms with Crippen LogP contribution in [0.25, 0.3) is 17.2 Å². The Labute approximate surface area is 146 Å². The lowest BCUT2D eigenvalue weighted by atomic mass is 9.84. The van der Waals surface area contributed by atoms with E-state index in [9.17, 15) is 0 Å². The number of allylic oxidation sites excluding steroid dienone is 1. The van der Waals surface area contributed by atoms with Crippen molar-refractivity contribution in [2.75, 3.05) is 0 Å². The molecule has 0 aromatic heterocycles. The Morgan fingerprint density at radius 1 is 0.917 bits per heavy atom. The van der Waals surface area contributed by atoms with Crippen molar-refractivity contribution >= 4 is 6.08 Å². The lowest BCUT2D eigenvalue weighted by Gasteiger charge is -2.21. The molecular formula is C24H28. The third kappa shape index (κ3) is 3.20. The molecule has 4 rings (SSSR count). The van der Waals surface area contributed by atoms with E-state index in [2.05, 4.69) is 55.5 Å². The van der Waals surface area contributed by atoms with Crippen molar-refractivity contribution in [3.63, 3.8) is 0 Å². The molecule has 2 aromatic rings. The average Bonchev–Trinajstić information content (AvgIpc) is 3.05. The topological polar surface area (TPSA) is 0 Å². The van der Waals surface area contributed by atoms with Crippen LogP contribution >= 0.6 is 0 Å². The van der Waals surface area contributed by atoms with Crippen LogP contribution in [0.2, 0.25) is 0 Å². The first-order chi connectivity index (χ1) is 11.8. The van der Waals surface area contributed by atoms with Crippen LogP contribution in [0.4, 0.5) is 0 Å². The van der Waals surface area contributed by atoms with Crippen molar-refractivity contribution in [1.29, 1.82) is 0 Å². The molecule has 1 fully saturated rings. The lowest BCUT2D eigenvalue weighted by molar-refractivity contribution is 0.355. The highest BCUT2D eigenvalue weighted by atomic mass is 14.3. The molecule has 0 nitrogen and oxygen atoms in total. The molecule has 0 heteroatoms. The molecule has 0 radical (unpaired) electrons. The summed E-state index contributed by atoms with van der Waals surface area (Å²) in [6, 6.07) is 16.0. The first kappa shape index (κ1) is 15.7. The van der Waals surface area contributed by atoms with E-state index in [1.54, 1.807) is 5.57 Å². The Hall–Kier alpha value is -1.82. The molecule has 0 atom stereocenters. The van der Waals surface area contributed by atoms with Crippen molar-refractivity contribution < 1.29 is 0 Å². The second-order valence-electron chi connectivity index (χ2n) is 7.62. The van der Waals surface area contributed by atoms with Gasteiger partial charge in [0.15, 0.2) is 0 Å². The summed E-state index contributed by atoms with van der Waals surface area (Å²) in [6.45, 7) is 2.22. The van der Waals surface area contributed by atoms with Gasteiger partial charge in [-0.25, -0.2) is 0 Å². The Balaban J connectivity index is 1.59. The Morgan fingerprint density at radius 3 is 2.46 bits per heavy atom. The van der Waals surface area contributed by atoms with Gasteiger partial charge in [0.05, 0.1) is 0 Å². The van der Waals surface area contributed by atoms with Crippen LogP contribution in [0.5, 0.6) is 0 Å². The van der Waals surface area contributed by atoms with E-state index in [1.807, 2.05) is 0 Å². The van der Waals surface area contributed by atoms with E-state index in [0.29, 0.717) is 0 Å². The van der Waals surface area contributed by atoms with E-state index < -0.39 is 0 Å². The predicted octanol–water partition coefficient (Wildman–Crippen LogP) is 6.83. The van der Waals surface area contributed by atoms with E-state index in [0.717, 1.165) is 12.3 Å². The van der Waals surface area contributed by atoms with Gasteiger partial charge in [0, 0.05) is 0 Å². The normalized spacial score (nSPS) is 17.6. The predicted molar refractivity (Wildman–Crippen MR) is 104 cm³/mol. The molecule has 0 heterocycles. The number of fused-ring (bicyclic) bond motifs is 1. The molecule has 2 aliphatic rings. The van der Waals surface area contributed by atoms with Crippen LogP contribution in [0, 0.1) is 5.92 Å². The van der Waals surface area contributed by atoms with E-state index in [1.165, 1.54) is 72.8 Å². The fourth-order valence-electron chi connectivity index (χ4n) is 4.50. The average molecular weight is 316 g/mol. The standard InChI is InChI=1S/C24H28/c1-2-18-11-13-21(14-12-18)23-10-6-9-22-16-20(17-24(22)23)15-19-7-4-3-5-8-19/h6,9-14,17,19H,2-5,7-8,15-16H2,1H3. The molecule has 24 heavy (non-hydrogen) atoms. The summed E-state index contributed by atoms with van der Waals surface area (Å²) in [5, 5.41) is 0. The number of rotatable bonds is 4. The summed E-state index contributed by atoms with van der Waals surface area (Å²) >= 11 is 0. The monoisotopic (exact) mass is 316 g/mol. The molecule has 0 unspecified atom stereocenters. The third-order valence-electron chi connectivity index (χ3n) is 5.91. The van der Waals surface area contributed by atoms with Gasteiger partial charge in [0.1, 0.15) is 0 Å². The van der Waals surface area contributed by atoms with E-state index in [4.69, 9.17) is 0 Å². The Kier molecular flexibility index (Phi) is 4.56. The second-order valence-corrected chi connectivity index (χ2v) is 7.62. The maximum absolute atomic E-state index is 2.51. The number of benzene rings is 2. The summed E-state index contributed by atoms with van der Waals surface area (Å²) in [5.41, 5.74) is 8.85. The number of hydrogen-bond acceptors (Lipinski definition) is 0. The summed E-state index contributed by atoms with van der Waals surface area (Å²) in [6.07, 6.45) is 13.3. The molecule has 0 aliphatic heterocycles. The number of aryl methyl sites for hydroxylation is 1. The maximum Gasteiger partial charge on any atom is -0.00575 e. The highest BCUT2D eigenvalue weighted by Gasteiger charge is 2.20. The van der Waals surface area contributed by atoms with Gasteiger partial charge < -0.3 is 0 Å². The van der Waals surface area contributed by atoms with Gasteiger partial charge in [0.2, 0.25) is 0 Å². The molecule has 1 saturated carbocycles. The number of hydrogen-bond donors (Lipinski definition) is 0. The largest absolute Gasteiger partial charge is 0.0649 e. The zero-order valence-corrected chi connectivity index (χ0v) is 14.9. The van der Waals surface area contributed by atoms with Crippen LogP contribution < -0.4 is 0 Å². The zero-order valence-electron chi connectivity index (χ0n) is 14.9. The molecule has 0 bridgehead atoms. The van der Waals surface area contributed by atoms with Crippen molar-refractivity contribution in [2.24, 2.45) is 5.92 Å². The minimum Gasteiger partial charge on any atom is -0.0649 e. The quantitative estimate of drug-likeness (QED) is 0.580. The molecule has 0 amide bonds. The third-order valence-corrected chi connectivity index (χ3v) is 5.91. The van der Waals surface area contributed by atoms with Crippen LogP contribution in [0.15, 0.2) is 48.0 Å². The second kappa shape index (κ2) is 6.97.